The SMILES string of the molecule is CCCC(C)C1CN(C(C)CCC)NN(C(C)CCC)C1.CNC. The first-order valence-corrected chi connectivity index (χ1v) is 10.3. The van der Waals surface area contributed by atoms with Gasteiger partial charge in [-0.25, -0.2) is 10.0 Å². The van der Waals surface area contributed by atoms with Crippen LogP contribution in [0, 0.1) is 11.8 Å². The van der Waals surface area contributed by atoms with E-state index in [2.05, 4.69) is 62.4 Å². The standard InChI is InChI=1S/C18H39N3.C2H7N/c1-7-10-15(4)18-13-20(16(5)11-8-2)19-21(14-18)17(6)12-9-3;1-3-2/h15-19H,7-14H2,1-6H3;3H,1-2H3. The van der Waals surface area contributed by atoms with Crippen LogP contribution >= 0.6 is 0 Å². The van der Waals surface area contributed by atoms with Gasteiger partial charge in [0.05, 0.1) is 0 Å². The molecule has 3 atom stereocenters. The van der Waals surface area contributed by atoms with Crippen molar-refractivity contribution >= 4 is 0 Å². The summed E-state index contributed by atoms with van der Waals surface area (Å²) in [5.74, 6) is 1.62. The van der Waals surface area contributed by atoms with Crippen molar-refractivity contribution in [1.29, 1.82) is 0 Å². The molecule has 1 fully saturated rings. The third-order valence-corrected chi connectivity index (χ3v) is 5.15. The molecular formula is C20H46N4. The molecule has 4 nitrogen and oxygen atoms in total. The molecule has 0 amide bonds. The molecule has 1 rings (SSSR count). The Morgan fingerprint density at radius 3 is 1.54 bits per heavy atom. The molecule has 24 heavy (non-hydrogen) atoms. The Balaban J connectivity index is 0.00000163. The van der Waals surface area contributed by atoms with E-state index in [1.807, 2.05) is 14.1 Å². The molecule has 146 valence electrons. The molecule has 1 heterocycles. The van der Waals surface area contributed by atoms with E-state index in [9.17, 15) is 0 Å². The largest absolute Gasteiger partial charge is 0.323 e. The lowest BCUT2D eigenvalue weighted by Crippen LogP contribution is -2.64. The minimum Gasteiger partial charge on any atom is -0.323 e. The third kappa shape index (κ3) is 8.80. The summed E-state index contributed by atoms with van der Waals surface area (Å²) < 4.78 is 0. The molecule has 0 saturated carbocycles. The minimum atomic E-state index is 0.628. The number of nitrogens with zero attached hydrogens (tertiary/aromatic N) is 2. The topological polar surface area (TPSA) is 30.5 Å². The van der Waals surface area contributed by atoms with E-state index in [-0.39, 0.29) is 0 Å². The van der Waals surface area contributed by atoms with Crippen LogP contribution in [0.25, 0.3) is 0 Å². The Bertz CT molecular complexity index is 236. The number of hydrazine groups is 2. The Labute approximate surface area is 152 Å². The zero-order valence-electron chi connectivity index (χ0n) is 17.9. The van der Waals surface area contributed by atoms with Crippen LogP contribution in [-0.4, -0.2) is 49.3 Å². The zero-order chi connectivity index (χ0) is 18.5. The first-order valence-electron chi connectivity index (χ1n) is 10.3. The summed E-state index contributed by atoms with van der Waals surface area (Å²) in [6.07, 6.45) is 7.74. The van der Waals surface area contributed by atoms with Gasteiger partial charge in [-0.05, 0) is 52.6 Å². The van der Waals surface area contributed by atoms with Gasteiger partial charge in [-0.15, -0.1) is 0 Å². The lowest BCUT2D eigenvalue weighted by atomic mass is 9.88. The molecule has 1 saturated heterocycles. The van der Waals surface area contributed by atoms with Gasteiger partial charge in [-0.1, -0.05) is 53.4 Å². The van der Waals surface area contributed by atoms with Crippen LogP contribution < -0.4 is 10.9 Å². The van der Waals surface area contributed by atoms with Crippen molar-refractivity contribution in [2.24, 2.45) is 11.8 Å². The van der Waals surface area contributed by atoms with Gasteiger partial charge in [0, 0.05) is 25.2 Å². The highest BCUT2D eigenvalue weighted by molar-refractivity contribution is 4.81. The second-order valence-electron chi connectivity index (χ2n) is 7.71. The maximum absolute atomic E-state index is 3.72. The van der Waals surface area contributed by atoms with Crippen molar-refractivity contribution in [3.05, 3.63) is 0 Å². The highest BCUT2D eigenvalue weighted by Crippen LogP contribution is 2.25. The number of hydrogen-bond acceptors (Lipinski definition) is 4. The predicted molar refractivity (Wildman–Crippen MR) is 108 cm³/mol. The quantitative estimate of drug-likeness (QED) is 0.654. The first-order chi connectivity index (χ1) is 11.4. The minimum absolute atomic E-state index is 0.628. The van der Waals surface area contributed by atoms with Crippen LogP contribution in [0.2, 0.25) is 0 Å². The fourth-order valence-electron chi connectivity index (χ4n) is 3.56. The van der Waals surface area contributed by atoms with Crippen molar-refractivity contribution < 1.29 is 0 Å². The smallest absolute Gasteiger partial charge is 0.0228 e. The Hall–Kier alpha value is -0.160. The van der Waals surface area contributed by atoms with Crippen LogP contribution in [0.15, 0.2) is 0 Å². The Morgan fingerprint density at radius 1 is 0.833 bits per heavy atom. The summed E-state index contributed by atoms with van der Waals surface area (Å²) in [6.45, 7) is 16.5. The summed E-state index contributed by atoms with van der Waals surface area (Å²) in [6, 6.07) is 1.26. The van der Waals surface area contributed by atoms with Gasteiger partial charge in [0.25, 0.3) is 0 Å². The van der Waals surface area contributed by atoms with E-state index in [4.69, 9.17) is 0 Å². The molecule has 3 unspecified atom stereocenters. The first kappa shape index (κ1) is 23.8. The molecule has 0 aromatic rings. The molecule has 1 aliphatic heterocycles. The number of rotatable bonds is 9. The van der Waals surface area contributed by atoms with Gasteiger partial charge in [-0.2, -0.15) is 5.53 Å². The van der Waals surface area contributed by atoms with E-state index >= 15 is 0 Å². The molecule has 0 bridgehead atoms. The molecule has 4 heteroatoms. The maximum Gasteiger partial charge on any atom is 0.0228 e. The second kappa shape index (κ2) is 14.1. The van der Waals surface area contributed by atoms with Crippen molar-refractivity contribution in [3.8, 4) is 0 Å². The highest BCUT2D eigenvalue weighted by atomic mass is 15.8. The van der Waals surface area contributed by atoms with E-state index in [0.717, 1.165) is 11.8 Å². The summed E-state index contributed by atoms with van der Waals surface area (Å²) in [4.78, 5) is 0. The van der Waals surface area contributed by atoms with E-state index in [1.54, 1.807) is 0 Å². The lowest BCUT2D eigenvalue weighted by Gasteiger charge is -2.47. The van der Waals surface area contributed by atoms with Gasteiger partial charge in [0.2, 0.25) is 0 Å². The lowest BCUT2D eigenvalue weighted by molar-refractivity contribution is -0.0962. The molecule has 0 aromatic heterocycles. The van der Waals surface area contributed by atoms with Crippen LogP contribution in [0.5, 0.6) is 0 Å². The van der Waals surface area contributed by atoms with Gasteiger partial charge in [0.1, 0.15) is 0 Å². The van der Waals surface area contributed by atoms with Gasteiger partial charge >= 0.3 is 0 Å². The van der Waals surface area contributed by atoms with Crippen LogP contribution in [0.4, 0.5) is 0 Å². The van der Waals surface area contributed by atoms with E-state index in [1.165, 1.54) is 51.6 Å². The van der Waals surface area contributed by atoms with Crippen molar-refractivity contribution in [1.82, 2.24) is 20.9 Å². The summed E-state index contributed by atoms with van der Waals surface area (Å²) in [5, 5.41) is 7.77. The van der Waals surface area contributed by atoms with E-state index in [0.29, 0.717) is 12.1 Å². The molecule has 0 spiro atoms. The molecule has 2 N–H and O–H groups in total. The fourth-order valence-corrected chi connectivity index (χ4v) is 3.56. The molecule has 1 aliphatic rings. The second-order valence-corrected chi connectivity index (χ2v) is 7.71. The average molecular weight is 343 g/mol. The van der Waals surface area contributed by atoms with Crippen molar-refractivity contribution in [2.75, 3.05) is 27.2 Å². The van der Waals surface area contributed by atoms with Crippen molar-refractivity contribution in [2.45, 2.75) is 92.2 Å². The normalized spacial score (nSPS) is 23.2. The predicted octanol–water partition coefficient (Wildman–Crippen LogP) is 4.29. The molecule has 0 radical (unpaired) electrons. The van der Waals surface area contributed by atoms with E-state index < -0.39 is 0 Å². The summed E-state index contributed by atoms with van der Waals surface area (Å²) in [5.41, 5.74) is 3.72. The maximum atomic E-state index is 3.72. The number of hydrogen-bond donors (Lipinski definition) is 2. The van der Waals surface area contributed by atoms with Crippen LogP contribution in [-0.2, 0) is 0 Å². The fraction of sp³-hybridized carbons (Fsp3) is 1.00. The van der Waals surface area contributed by atoms with Gasteiger partial charge in [-0.3, -0.25) is 0 Å². The molecule has 0 aliphatic carbocycles. The van der Waals surface area contributed by atoms with Crippen molar-refractivity contribution in [3.63, 3.8) is 0 Å². The molecular weight excluding hydrogens is 296 g/mol. The summed E-state index contributed by atoms with van der Waals surface area (Å²) >= 11 is 0. The van der Waals surface area contributed by atoms with Gasteiger partial charge in [0.15, 0.2) is 0 Å². The average Bonchev–Trinajstić information content (AvgIpc) is 2.56. The summed E-state index contributed by atoms with van der Waals surface area (Å²) in [7, 11) is 3.75. The van der Waals surface area contributed by atoms with Gasteiger partial charge < -0.3 is 5.32 Å². The zero-order valence-corrected chi connectivity index (χ0v) is 17.9. The third-order valence-electron chi connectivity index (χ3n) is 5.15. The number of nitrogens with one attached hydrogen (secondary N) is 2. The van der Waals surface area contributed by atoms with Crippen LogP contribution in [0.3, 0.4) is 0 Å². The molecule has 0 aromatic carbocycles. The Morgan fingerprint density at radius 2 is 1.21 bits per heavy atom. The Kier molecular flexibility index (Phi) is 14.0. The monoisotopic (exact) mass is 342 g/mol. The van der Waals surface area contributed by atoms with Crippen LogP contribution in [0.1, 0.15) is 80.1 Å². The highest BCUT2D eigenvalue weighted by Gasteiger charge is 2.32.